The van der Waals surface area contributed by atoms with E-state index in [0.717, 1.165) is 12.8 Å². The van der Waals surface area contributed by atoms with Crippen LogP contribution in [0.2, 0.25) is 0 Å². The summed E-state index contributed by atoms with van der Waals surface area (Å²) in [6.45, 7) is 0.924. The van der Waals surface area contributed by atoms with Gasteiger partial charge in [0.1, 0.15) is 6.04 Å². The molecule has 1 aromatic rings. The SMILES string of the molecule is COC(=O)CCCNC(=O)[C@H]1CCCCN1C(=O)c1ccco1. The second-order valence-corrected chi connectivity index (χ2v) is 5.46. The van der Waals surface area contributed by atoms with Gasteiger partial charge in [-0.3, -0.25) is 14.4 Å². The van der Waals surface area contributed by atoms with E-state index in [9.17, 15) is 14.4 Å². The molecule has 0 spiro atoms. The molecule has 2 amide bonds. The molecular weight excluding hydrogens is 300 g/mol. The molecule has 1 atom stereocenters. The molecule has 2 heterocycles. The van der Waals surface area contributed by atoms with Gasteiger partial charge in [-0.25, -0.2) is 0 Å². The van der Waals surface area contributed by atoms with E-state index in [0.29, 0.717) is 25.9 Å². The standard InChI is InChI=1S/C16H22N2O5/c1-22-14(19)8-4-9-17-15(20)12-6-2-3-10-18(12)16(21)13-7-5-11-23-13/h5,7,11-12H,2-4,6,8-10H2,1H3,(H,17,20)/t12-/m1/s1. The molecule has 0 unspecified atom stereocenters. The van der Waals surface area contributed by atoms with Gasteiger partial charge in [0.25, 0.3) is 5.91 Å². The van der Waals surface area contributed by atoms with Crippen molar-refractivity contribution >= 4 is 17.8 Å². The summed E-state index contributed by atoms with van der Waals surface area (Å²) in [6, 6.07) is 2.76. The largest absolute Gasteiger partial charge is 0.469 e. The lowest BCUT2D eigenvalue weighted by atomic mass is 10.0. The first kappa shape index (κ1) is 17.1. The molecule has 23 heavy (non-hydrogen) atoms. The Bertz CT molecular complexity index is 541. The van der Waals surface area contributed by atoms with E-state index in [1.54, 1.807) is 17.0 Å². The highest BCUT2D eigenvalue weighted by Crippen LogP contribution is 2.20. The molecular formula is C16H22N2O5. The molecule has 0 aliphatic carbocycles. The Balaban J connectivity index is 1.88. The van der Waals surface area contributed by atoms with Crippen molar-refractivity contribution in [3.63, 3.8) is 0 Å². The van der Waals surface area contributed by atoms with Gasteiger partial charge in [0.05, 0.1) is 13.4 Å². The van der Waals surface area contributed by atoms with Crippen LogP contribution in [0.5, 0.6) is 0 Å². The number of hydrogen-bond donors (Lipinski definition) is 1. The van der Waals surface area contributed by atoms with Crippen molar-refractivity contribution in [2.24, 2.45) is 0 Å². The average molecular weight is 322 g/mol. The van der Waals surface area contributed by atoms with Crippen LogP contribution >= 0.6 is 0 Å². The van der Waals surface area contributed by atoms with Crippen molar-refractivity contribution in [2.75, 3.05) is 20.2 Å². The summed E-state index contributed by atoms with van der Waals surface area (Å²) in [5.74, 6) is -0.499. The fraction of sp³-hybridized carbons (Fsp3) is 0.562. The number of methoxy groups -OCH3 is 1. The quantitative estimate of drug-likeness (QED) is 0.631. The Kier molecular flexibility index (Phi) is 6.19. The van der Waals surface area contributed by atoms with Crippen molar-refractivity contribution in [3.8, 4) is 0 Å². The summed E-state index contributed by atoms with van der Waals surface area (Å²) in [5.41, 5.74) is 0. The van der Waals surface area contributed by atoms with E-state index in [1.807, 2.05) is 0 Å². The lowest BCUT2D eigenvalue weighted by Crippen LogP contribution is -2.52. The summed E-state index contributed by atoms with van der Waals surface area (Å²) in [5, 5.41) is 2.79. The first-order chi connectivity index (χ1) is 11.1. The van der Waals surface area contributed by atoms with Gasteiger partial charge in [-0.05, 0) is 37.8 Å². The number of hydrogen-bond acceptors (Lipinski definition) is 5. The van der Waals surface area contributed by atoms with Crippen LogP contribution in [-0.2, 0) is 14.3 Å². The van der Waals surface area contributed by atoms with Gasteiger partial charge >= 0.3 is 5.97 Å². The Hall–Kier alpha value is -2.31. The number of carbonyl (C=O) groups excluding carboxylic acids is 3. The number of furan rings is 1. The van der Waals surface area contributed by atoms with Crippen LogP contribution in [0.1, 0.15) is 42.7 Å². The van der Waals surface area contributed by atoms with Crippen LogP contribution in [0.4, 0.5) is 0 Å². The van der Waals surface area contributed by atoms with Crippen LogP contribution in [0, 0.1) is 0 Å². The number of rotatable bonds is 6. The summed E-state index contributed by atoms with van der Waals surface area (Å²) in [4.78, 5) is 37.4. The number of likely N-dealkylation sites (tertiary alicyclic amines) is 1. The van der Waals surface area contributed by atoms with Crippen molar-refractivity contribution < 1.29 is 23.5 Å². The zero-order chi connectivity index (χ0) is 16.7. The van der Waals surface area contributed by atoms with E-state index in [4.69, 9.17) is 4.42 Å². The van der Waals surface area contributed by atoms with Gasteiger partial charge in [-0.15, -0.1) is 0 Å². The molecule has 0 bridgehead atoms. The topological polar surface area (TPSA) is 88.9 Å². The summed E-state index contributed by atoms with van der Waals surface area (Å²) in [7, 11) is 1.33. The van der Waals surface area contributed by atoms with Gasteiger partial charge in [-0.2, -0.15) is 0 Å². The normalized spacial score (nSPS) is 17.6. The highest BCUT2D eigenvalue weighted by molar-refractivity contribution is 5.95. The lowest BCUT2D eigenvalue weighted by molar-refractivity contribution is -0.140. The van der Waals surface area contributed by atoms with Crippen molar-refractivity contribution in [1.29, 1.82) is 0 Å². The van der Waals surface area contributed by atoms with E-state index in [2.05, 4.69) is 10.1 Å². The Morgan fingerprint density at radius 1 is 1.39 bits per heavy atom. The van der Waals surface area contributed by atoms with Crippen molar-refractivity contribution in [3.05, 3.63) is 24.2 Å². The molecule has 1 aliphatic rings. The van der Waals surface area contributed by atoms with Gasteiger partial charge in [-0.1, -0.05) is 0 Å². The van der Waals surface area contributed by atoms with Gasteiger partial charge in [0, 0.05) is 19.5 Å². The van der Waals surface area contributed by atoms with Gasteiger partial charge in [0.15, 0.2) is 5.76 Å². The summed E-state index contributed by atoms with van der Waals surface area (Å²) < 4.78 is 9.69. The Labute approximate surface area is 135 Å². The minimum absolute atomic E-state index is 0.186. The van der Waals surface area contributed by atoms with Gasteiger partial charge < -0.3 is 19.4 Å². The van der Waals surface area contributed by atoms with Crippen LogP contribution in [-0.4, -0.2) is 48.9 Å². The third kappa shape index (κ3) is 4.58. The highest BCUT2D eigenvalue weighted by atomic mass is 16.5. The minimum atomic E-state index is -0.487. The number of carbonyl (C=O) groups is 3. The van der Waals surface area contributed by atoms with Crippen LogP contribution in [0.15, 0.2) is 22.8 Å². The summed E-state index contributed by atoms with van der Waals surface area (Å²) in [6.07, 6.45) is 4.63. The zero-order valence-corrected chi connectivity index (χ0v) is 13.2. The predicted molar refractivity (Wildman–Crippen MR) is 81.6 cm³/mol. The molecule has 0 radical (unpaired) electrons. The third-order valence-corrected chi connectivity index (χ3v) is 3.88. The smallest absolute Gasteiger partial charge is 0.305 e. The third-order valence-electron chi connectivity index (χ3n) is 3.88. The van der Waals surface area contributed by atoms with E-state index < -0.39 is 6.04 Å². The maximum Gasteiger partial charge on any atom is 0.305 e. The summed E-state index contributed by atoms with van der Waals surface area (Å²) >= 11 is 0. The minimum Gasteiger partial charge on any atom is -0.469 e. The maximum absolute atomic E-state index is 12.4. The second kappa shape index (κ2) is 8.36. The molecule has 2 rings (SSSR count). The zero-order valence-electron chi connectivity index (χ0n) is 13.2. The molecule has 1 N–H and O–H groups in total. The predicted octanol–water partition coefficient (Wildman–Crippen LogP) is 1.34. The number of amides is 2. The number of piperidine rings is 1. The molecule has 7 nitrogen and oxygen atoms in total. The number of ether oxygens (including phenoxy) is 1. The van der Waals surface area contributed by atoms with E-state index >= 15 is 0 Å². The average Bonchev–Trinajstić information content (AvgIpc) is 3.12. The Morgan fingerprint density at radius 3 is 2.91 bits per heavy atom. The Morgan fingerprint density at radius 2 is 2.22 bits per heavy atom. The van der Waals surface area contributed by atoms with Crippen LogP contribution in [0.3, 0.4) is 0 Å². The first-order valence-corrected chi connectivity index (χ1v) is 7.82. The molecule has 126 valence electrons. The highest BCUT2D eigenvalue weighted by Gasteiger charge is 2.33. The molecule has 1 aromatic heterocycles. The molecule has 1 fully saturated rings. The fourth-order valence-electron chi connectivity index (χ4n) is 2.65. The van der Waals surface area contributed by atoms with E-state index in [-0.39, 0.29) is 30.0 Å². The lowest BCUT2D eigenvalue weighted by Gasteiger charge is -2.34. The molecule has 0 aromatic carbocycles. The van der Waals surface area contributed by atoms with Gasteiger partial charge in [0.2, 0.25) is 5.91 Å². The van der Waals surface area contributed by atoms with Crippen molar-refractivity contribution in [2.45, 2.75) is 38.1 Å². The van der Waals surface area contributed by atoms with E-state index in [1.165, 1.54) is 13.4 Å². The molecule has 7 heteroatoms. The first-order valence-electron chi connectivity index (χ1n) is 7.82. The molecule has 1 aliphatic heterocycles. The number of esters is 1. The fourth-order valence-corrected chi connectivity index (χ4v) is 2.65. The molecule has 0 saturated carbocycles. The number of nitrogens with one attached hydrogen (secondary N) is 1. The second-order valence-electron chi connectivity index (χ2n) is 5.46. The maximum atomic E-state index is 12.4. The van der Waals surface area contributed by atoms with Crippen LogP contribution in [0.25, 0.3) is 0 Å². The molecule has 1 saturated heterocycles. The number of nitrogens with zero attached hydrogens (tertiary/aromatic N) is 1. The van der Waals surface area contributed by atoms with Crippen molar-refractivity contribution in [1.82, 2.24) is 10.2 Å². The monoisotopic (exact) mass is 322 g/mol. The van der Waals surface area contributed by atoms with Crippen LogP contribution < -0.4 is 5.32 Å².